The van der Waals surface area contributed by atoms with Crippen LogP contribution in [-0.2, 0) is 0 Å². The van der Waals surface area contributed by atoms with Crippen molar-refractivity contribution in [2.45, 2.75) is 6.92 Å². The monoisotopic (exact) mass is 413 g/mol. The van der Waals surface area contributed by atoms with Crippen molar-refractivity contribution in [1.29, 1.82) is 0 Å². The molecule has 0 radical (unpaired) electrons. The molecule has 0 bridgehead atoms. The van der Waals surface area contributed by atoms with Gasteiger partial charge in [0.2, 0.25) is 0 Å². The minimum Gasteiger partial charge on any atom is -0.497 e. The standard InChI is InChI=1S/C24H19N3O4/c1-16(28)17-6-3-8-19(12-17)24(29)31-22-11-4-7-18(13-22)23-15-27(26-25-23)20-9-5-10-21(14-20)30-2/h3-15H,1-2H3. The predicted octanol–water partition coefficient (Wildman–Crippen LogP) is 4.36. The second-order valence-electron chi connectivity index (χ2n) is 6.80. The van der Waals surface area contributed by atoms with Crippen molar-refractivity contribution in [2.24, 2.45) is 0 Å². The van der Waals surface area contributed by atoms with E-state index in [-0.39, 0.29) is 5.78 Å². The van der Waals surface area contributed by atoms with E-state index in [2.05, 4.69) is 10.3 Å². The Hall–Kier alpha value is -4.26. The molecule has 0 fully saturated rings. The van der Waals surface area contributed by atoms with Crippen LogP contribution in [-0.4, -0.2) is 33.9 Å². The number of hydrogen-bond acceptors (Lipinski definition) is 6. The Balaban J connectivity index is 1.55. The van der Waals surface area contributed by atoms with Crippen molar-refractivity contribution < 1.29 is 19.1 Å². The average Bonchev–Trinajstić information content (AvgIpc) is 3.30. The molecular weight excluding hydrogens is 394 g/mol. The molecule has 7 heteroatoms. The van der Waals surface area contributed by atoms with Crippen molar-refractivity contribution in [1.82, 2.24) is 15.0 Å². The van der Waals surface area contributed by atoms with E-state index in [0.717, 1.165) is 17.0 Å². The summed E-state index contributed by atoms with van der Waals surface area (Å²) in [5.74, 6) is 0.431. The van der Waals surface area contributed by atoms with Crippen LogP contribution < -0.4 is 9.47 Å². The van der Waals surface area contributed by atoms with Crippen molar-refractivity contribution in [3.63, 3.8) is 0 Å². The van der Waals surface area contributed by atoms with Gasteiger partial charge in [0, 0.05) is 17.2 Å². The largest absolute Gasteiger partial charge is 0.497 e. The summed E-state index contributed by atoms with van der Waals surface area (Å²) >= 11 is 0. The molecule has 0 spiro atoms. The van der Waals surface area contributed by atoms with Gasteiger partial charge in [0.05, 0.1) is 24.6 Å². The van der Waals surface area contributed by atoms with Crippen LogP contribution in [0.25, 0.3) is 16.9 Å². The maximum Gasteiger partial charge on any atom is 0.343 e. The van der Waals surface area contributed by atoms with Gasteiger partial charge < -0.3 is 9.47 Å². The smallest absolute Gasteiger partial charge is 0.343 e. The second kappa shape index (κ2) is 8.62. The molecule has 1 aromatic heterocycles. The molecule has 0 saturated carbocycles. The molecule has 0 saturated heterocycles. The SMILES string of the molecule is COc1cccc(-n2cc(-c3cccc(OC(=O)c4cccc(C(C)=O)c4)c3)nn2)c1. The molecule has 0 aliphatic heterocycles. The lowest BCUT2D eigenvalue weighted by Gasteiger charge is -2.06. The number of ketones is 1. The topological polar surface area (TPSA) is 83.3 Å². The molecule has 154 valence electrons. The first-order valence-corrected chi connectivity index (χ1v) is 9.54. The Morgan fingerprint density at radius 3 is 2.42 bits per heavy atom. The molecule has 4 aromatic rings. The van der Waals surface area contributed by atoms with E-state index in [1.165, 1.54) is 13.0 Å². The number of aromatic nitrogens is 3. The van der Waals surface area contributed by atoms with Crippen molar-refractivity contribution >= 4 is 11.8 Å². The summed E-state index contributed by atoms with van der Waals surface area (Å²) in [6, 6.07) is 20.9. The third-order valence-corrected chi connectivity index (χ3v) is 4.66. The van der Waals surface area contributed by atoms with E-state index in [4.69, 9.17) is 9.47 Å². The number of rotatable bonds is 6. The molecule has 3 aromatic carbocycles. The number of esters is 1. The van der Waals surface area contributed by atoms with Gasteiger partial charge in [-0.2, -0.15) is 0 Å². The van der Waals surface area contributed by atoms with Crippen molar-refractivity contribution in [3.05, 3.63) is 90.1 Å². The molecule has 31 heavy (non-hydrogen) atoms. The maximum atomic E-state index is 12.5. The first-order valence-electron chi connectivity index (χ1n) is 9.54. The highest BCUT2D eigenvalue weighted by Crippen LogP contribution is 2.24. The number of carbonyl (C=O) groups excluding carboxylic acids is 2. The molecule has 7 nitrogen and oxygen atoms in total. The van der Waals surface area contributed by atoms with E-state index in [1.54, 1.807) is 54.4 Å². The lowest BCUT2D eigenvalue weighted by atomic mass is 10.1. The van der Waals surface area contributed by atoms with E-state index in [9.17, 15) is 9.59 Å². The molecule has 0 unspecified atom stereocenters. The number of methoxy groups -OCH3 is 1. The number of Topliss-reactive ketones (excluding diaryl/α,β-unsaturated/α-hetero) is 1. The third kappa shape index (κ3) is 4.51. The van der Waals surface area contributed by atoms with Crippen LogP contribution in [0.1, 0.15) is 27.6 Å². The fourth-order valence-corrected chi connectivity index (χ4v) is 3.03. The zero-order valence-corrected chi connectivity index (χ0v) is 17.0. The Labute approximate surface area is 178 Å². The van der Waals surface area contributed by atoms with Crippen molar-refractivity contribution in [2.75, 3.05) is 7.11 Å². The highest BCUT2D eigenvalue weighted by molar-refractivity contribution is 5.98. The summed E-state index contributed by atoms with van der Waals surface area (Å²) in [4.78, 5) is 24.1. The summed E-state index contributed by atoms with van der Waals surface area (Å²) in [6.45, 7) is 1.45. The molecule has 1 heterocycles. The summed E-state index contributed by atoms with van der Waals surface area (Å²) < 4.78 is 12.4. The highest BCUT2D eigenvalue weighted by atomic mass is 16.5. The molecule has 0 aliphatic carbocycles. The van der Waals surface area contributed by atoms with Crippen LogP contribution >= 0.6 is 0 Å². The van der Waals surface area contributed by atoms with E-state index in [1.807, 2.05) is 30.3 Å². The minimum atomic E-state index is -0.541. The number of ether oxygens (including phenoxy) is 2. The average molecular weight is 413 g/mol. The fourth-order valence-electron chi connectivity index (χ4n) is 3.03. The van der Waals surface area contributed by atoms with Gasteiger partial charge in [0.15, 0.2) is 5.78 Å². The number of nitrogens with zero attached hydrogens (tertiary/aromatic N) is 3. The lowest BCUT2D eigenvalue weighted by Crippen LogP contribution is -2.09. The molecule has 0 atom stereocenters. The molecule has 0 amide bonds. The van der Waals surface area contributed by atoms with Crippen LogP contribution in [0.4, 0.5) is 0 Å². The number of benzene rings is 3. The quantitative estimate of drug-likeness (QED) is 0.265. The highest BCUT2D eigenvalue weighted by Gasteiger charge is 2.12. The molecule has 0 aliphatic rings. The van der Waals surface area contributed by atoms with Gasteiger partial charge in [-0.05, 0) is 43.3 Å². The number of carbonyl (C=O) groups is 2. The van der Waals surface area contributed by atoms with E-state index < -0.39 is 5.97 Å². The molecule has 4 rings (SSSR count). The summed E-state index contributed by atoms with van der Waals surface area (Å²) in [5, 5.41) is 8.40. The first kappa shape index (κ1) is 20.0. The minimum absolute atomic E-state index is 0.115. The lowest BCUT2D eigenvalue weighted by molar-refractivity contribution is 0.0735. The van der Waals surface area contributed by atoms with Crippen LogP contribution in [0.3, 0.4) is 0 Å². The zero-order valence-electron chi connectivity index (χ0n) is 17.0. The van der Waals surface area contributed by atoms with Crippen LogP contribution in [0.15, 0.2) is 79.0 Å². The van der Waals surface area contributed by atoms with Gasteiger partial charge in [-0.15, -0.1) is 5.10 Å². The van der Waals surface area contributed by atoms with Gasteiger partial charge in [-0.3, -0.25) is 4.79 Å². The van der Waals surface area contributed by atoms with Crippen molar-refractivity contribution in [3.8, 4) is 28.4 Å². The van der Waals surface area contributed by atoms with Gasteiger partial charge >= 0.3 is 5.97 Å². The number of hydrogen-bond donors (Lipinski definition) is 0. The van der Waals surface area contributed by atoms with E-state index in [0.29, 0.717) is 22.6 Å². The Kier molecular flexibility index (Phi) is 5.57. The molecular formula is C24H19N3O4. The Morgan fingerprint density at radius 1 is 0.871 bits per heavy atom. The van der Waals surface area contributed by atoms with E-state index >= 15 is 0 Å². The fraction of sp³-hybridized carbons (Fsp3) is 0.0833. The first-order chi connectivity index (χ1) is 15.0. The van der Waals surface area contributed by atoms with Crippen LogP contribution in [0.5, 0.6) is 11.5 Å². The maximum absolute atomic E-state index is 12.5. The van der Waals surface area contributed by atoms with Crippen LogP contribution in [0, 0.1) is 0 Å². The Morgan fingerprint density at radius 2 is 1.61 bits per heavy atom. The zero-order chi connectivity index (χ0) is 21.8. The predicted molar refractivity (Wildman–Crippen MR) is 115 cm³/mol. The second-order valence-corrected chi connectivity index (χ2v) is 6.80. The van der Waals surface area contributed by atoms with Crippen LogP contribution in [0.2, 0.25) is 0 Å². The summed E-state index contributed by atoms with van der Waals surface area (Å²) in [6.07, 6.45) is 1.78. The Bertz CT molecular complexity index is 1260. The van der Waals surface area contributed by atoms with Gasteiger partial charge in [0.1, 0.15) is 17.2 Å². The normalized spacial score (nSPS) is 10.5. The summed E-state index contributed by atoms with van der Waals surface area (Å²) in [7, 11) is 1.61. The molecule has 0 N–H and O–H groups in total. The summed E-state index contributed by atoms with van der Waals surface area (Å²) in [5.41, 5.74) is 2.95. The van der Waals surface area contributed by atoms with Gasteiger partial charge in [-0.1, -0.05) is 35.5 Å². The third-order valence-electron chi connectivity index (χ3n) is 4.66. The van der Waals surface area contributed by atoms with Gasteiger partial charge in [-0.25, -0.2) is 9.48 Å². The van der Waals surface area contributed by atoms with Gasteiger partial charge in [0.25, 0.3) is 0 Å².